The lowest BCUT2D eigenvalue weighted by Crippen LogP contribution is -2.24. The molecule has 5 heteroatoms. The topological polar surface area (TPSA) is 28.0 Å². The van der Waals surface area contributed by atoms with Crippen LogP contribution in [0.4, 0.5) is 0 Å². The summed E-state index contributed by atoms with van der Waals surface area (Å²) in [5.74, 6) is 0.786. The van der Waals surface area contributed by atoms with Crippen LogP contribution in [0.25, 0.3) is 0 Å². The van der Waals surface area contributed by atoms with E-state index in [1.165, 1.54) is 0 Å². The number of hydrazone groups is 1. The quantitative estimate of drug-likeness (QED) is 0.419. The number of amidine groups is 1. The van der Waals surface area contributed by atoms with Crippen molar-refractivity contribution in [2.24, 2.45) is 10.1 Å². The number of hydrogen-bond donors (Lipinski definition) is 0. The van der Waals surface area contributed by atoms with Gasteiger partial charge in [-0.3, -0.25) is 0 Å². The minimum absolute atomic E-state index is 0.194. The highest BCUT2D eigenvalue weighted by molar-refractivity contribution is 6.68. The molecular weight excluding hydrogens is 185 g/mol. The van der Waals surface area contributed by atoms with Gasteiger partial charge in [0, 0.05) is 0 Å². The Balaban J connectivity index is 2.29. The molecule has 2 aliphatic rings. The van der Waals surface area contributed by atoms with Crippen molar-refractivity contribution in [3.8, 4) is 0 Å². The second kappa shape index (κ2) is 2.50. The van der Waals surface area contributed by atoms with Crippen molar-refractivity contribution in [1.82, 2.24) is 5.01 Å². The first-order valence-electron chi connectivity index (χ1n) is 3.17. The Labute approximate surface area is 74.0 Å². The highest BCUT2D eigenvalue weighted by atomic mass is 35.5. The van der Waals surface area contributed by atoms with Gasteiger partial charge in [-0.15, -0.1) is 0 Å². The fourth-order valence-electron chi connectivity index (χ4n) is 1.00. The standard InChI is InChI=1S/C6H5Cl2N3/c7-4-1-2-6-9-5(8)3-11(6)10-4/h1-2,5H,3H2. The first kappa shape index (κ1) is 7.13. The molecule has 0 aromatic carbocycles. The molecule has 11 heavy (non-hydrogen) atoms. The molecule has 1 unspecified atom stereocenters. The lowest BCUT2D eigenvalue weighted by atomic mass is 10.4. The van der Waals surface area contributed by atoms with Gasteiger partial charge in [-0.25, -0.2) is 10.0 Å². The molecule has 0 fully saturated rings. The van der Waals surface area contributed by atoms with Gasteiger partial charge in [0.05, 0.1) is 6.54 Å². The molecule has 0 radical (unpaired) electrons. The van der Waals surface area contributed by atoms with Crippen LogP contribution >= 0.6 is 23.2 Å². The number of hydrogen-bond acceptors (Lipinski definition) is 3. The van der Waals surface area contributed by atoms with Gasteiger partial charge in [0.1, 0.15) is 16.5 Å². The van der Waals surface area contributed by atoms with Crippen molar-refractivity contribution >= 4 is 34.2 Å². The van der Waals surface area contributed by atoms with Crippen molar-refractivity contribution in [1.29, 1.82) is 0 Å². The van der Waals surface area contributed by atoms with Crippen LogP contribution in [-0.4, -0.2) is 28.1 Å². The molecule has 3 nitrogen and oxygen atoms in total. The Bertz CT molecular complexity index is 269. The Hall–Kier alpha value is -0.540. The molecule has 2 heterocycles. The fraction of sp³-hybridized carbons (Fsp3) is 0.333. The van der Waals surface area contributed by atoms with E-state index in [0.29, 0.717) is 11.7 Å². The molecule has 0 saturated carbocycles. The van der Waals surface area contributed by atoms with Gasteiger partial charge in [0.2, 0.25) is 0 Å². The summed E-state index contributed by atoms with van der Waals surface area (Å²) >= 11 is 11.4. The van der Waals surface area contributed by atoms with Crippen molar-refractivity contribution in [3.63, 3.8) is 0 Å². The molecule has 2 rings (SSSR count). The second-order valence-electron chi connectivity index (χ2n) is 2.26. The van der Waals surface area contributed by atoms with E-state index in [0.717, 1.165) is 5.84 Å². The number of rotatable bonds is 0. The van der Waals surface area contributed by atoms with Crippen LogP contribution in [0.15, 0.2) is 22.2 Å². The maximum atomic E-state index is 5.76. The van der Waals surface area contributed by atoms with Crippen LogP contribution in [-0.2, 0) is 0 Å². The van der Waals surface area contributed by atoms with Gasteiger partial charge >= 0.3 is 0 Å². The van der Waals surface area contributed by atoms with E-state index in [1.807, 2.05) is 0 Å². The Morgan fingerprint density at radius 2 is 2.36 bits per heavy atom. The number of allylic oxidation sites excluding steroid dienone is 1. The van der Waals surface area contributed by atoms with E-state index >= 15 is 0 Å². The van der Waals surface area contributed by atoms with Gasteiger partial charge in [-0.05, 0) is 12.2 Å². The third-order valence-corrected chi connectivity index (χ3v) is 1.88. The van der Waals surface area contributed by atoms with Gasteiger partial charge < -0.3 is 0 Å². The summed E-state index contributed by atoms with van der Waals surface area (Å²) in [6.07, 6.45) is 3.50. The third-order valence-electron chi connectivity index (χ3n) is 1.45. The summed E-state index contributed by atoms with van der Waals surface area (Å²) in [5, 5.41) is 6.17. The van der Waals surface area contributed by atoms with E-state index in [-0.39, 0.29) is 5.50 Å². The summed E-state index contributed by atoms with van der Waals surface area (Å²) in [4.78, 5) is 4.10. The summed E-state index contributed by atoms with van der Waals surface area (Å²) in [6.45, 7) is 0.609. The fourth-order valence-corrected chi connectivity index (χ4v) is 1.39. The van der Waals surface area contributed by atoms with Gasteiger partial charge in [0.25, 0.3) is 0 Å². The van der Waals surface area contributed by atoms with E-state index in [9.17, 15) is 0 Å². The number of nitrogens with zero attached hydrogens (tertiary/aromatic N) is 3. The highest BCUT2D eigenvalue weighted by Crippen LogP contribution is 2.16. The van der Waals surface area contributed by atoms with Crippen molar-refractivity contribution < 1.29 is 0 Å². The first-order chi connectivity index (χ1) is 5.25. The number of fused-ring (bicyclic) bond motifs is 1. The van der Waals surface area contributed by atoms with Crippen LogP contribution in [0.1, 0.15) is 0 Å². The molecule has 0 bridgehead atoms. The van der Waals surface area contributed by atoms with E-state index in [2.05, 4.69) is 10.1 Å². The van der Waals surface area contributed by atoms with Crippen molar-refractivity contribution in [3.05, 3.63) is 12.2 Å². The predicted octanol–water partition coefficient (Wildman–Crippen LogP) is 1.39. The normalized spacial score (nSPS) is 28.2. The van der Waals surface area contributed by atoms with Gasteiger partial charge in [-0.1, -0.05) is 23.2 Å². The average molecular weight is 190 g/mol. The lowest BCUT2D eigenvalue weighted by Gasteiger charge is -2.14. The number of alkyl halides is 1. The summed E-state index contributed by atoms with van der Waals surface area (Å²) < 4.78 is 0. The van der Waals surface area contributed by atoms with E-state index in [4.69, 9.17) is 23.2 Å². The molecule has 0 N–H and O–H groups in total. The van der Waals surface area contributed by atoms with Gasteiger partial charge in [-0.2, -0.15) is 5.10 Å². The lowest BCUT2D eigenvalue weighted by molar-refractivity contribution is 0.481. The van der Waals surface area contributed by atoms with E-state index in [1.54, 1.807) is 17.2 Å². The number of halogens is 2. The average Bonchev–Trinajstić information content (AvgIpc) is 2.27. The summed E-state index contributed by atoms with van der Waals surface area (Å²) in [6, 6.07) is 0. The van der Waals surface area contributed by atoms with Crippen molar-refractivity contribution in [2.75, 3.05) is 6.54 Å². The number of aliphatic imine (C=N–C) groups is 1. The molecule has 0 spiro atoms. The molecule has 0 aliphatic carbocycles. The van der Waals surface area contributed by atoms with Crippen LogP contribution in [0.3, 0.4) is 0 Å². The van der Waals surface area contributed by atoms with Crippen molar-refractivity contribution in [2.45, 2.75) is 5.50 Å². The second-order valence-corrected chi connectivity index (χ2v) is 3.15. The smallest absolute Gasteiger partial charge is 0.149 e. The van der Waals surface area contributed by atoms with Crippen LogP contribution < -0.4 is 0 Å². The SMILES string of the molecule is ClC1=NN2CC(Cl)N=C2C=C1. The Morgan fingerprint density at radius 1 is 1.55 bits per heavy atom. The summed E-state index contributed by atoms with van der Waals surface area (Å²) in [5.41, 5.74) is -0.194. The summed E-state index contributed by atoms with van der Waals surface area (Å²) in [7, 11) is 0. The Kier molecular flexibility index (Phi) is 1.62. The third kappa shape index (κ3) is 1.26. The predicted molar refractivity (Wildman–Crippen MR) is 46.2 cm³/mol. The minimum atomic E-state index is -0.194. The zero-order chi connectivity index (χ0) is 7.84. The molecule has 1 atom stereocenters. The molecular formula is C6H5Cl2N3. The molecule has 2 aliphatic heterocycles. The molecule has 0 amide bonds. The monoisotopic (exact) mass is 189 g/mol. The zero-order valence-electron chi connectivity index (χ0n) is 5.54. The molecule has 0 saturated heterocycles. The minimum Gasteiger partial charge on any atom is -0.245 e. The maximum absolute atomic E-state index is 5.76. The van der Waals surface area contributed by atoms with Crippen LogP contribution in [0.2, 0.25) is 0 Å². The van der Waals surface area contributed by atoms with E-state index < -0.39 is 0 Å². The van der Waals surface area contributed by atoms with Gasteiger partial charge in [0.15, 0.2) is 0 Å². The largest absolute Gasteiger partial charge is 0.245 e. The Morgan fingerprint density at radius 3 is 3.18 bits per heavy atom. The van der Waals surface area contributed by atoms with Crippen LogP contribution in [0, 0.1) is 0 Å². The molecule has 0 aromatic rings. The zero-order valence-corrected chi connectivity index (χ0v) is 7.05. The maximum Gasteiger partial charge on any atom is 0.149 e. The molecule has 58 valence electrons. The molecule has 0 aromatic heterocycles. The van der Waals surface area contributed by atoms with Crippen LogP contribution in [0.5, 0.6) is 0 Å². The highest BCUT2D eigenvalue weighted by Gasteiger charge is 2.23. The first-order valence-corrected chi connectivity index (χ1v) is 3.99.